The summed E-state index contributed by atoms with van der Waals surface area (Å²) in [5.74, 6) is 1.94. The molecule has 0 bridgehead atoms. The summed E-state index contributed by atoms with van der Waals surface area (Å²) in [6, 6.07) is 19.0. The van der Waals surface area contributed by atoms with Crippen LogP contribution >= 0.6 is 0 Å². The van der Waals surface area contributed by atoms with Crippen LogP contribution in [0.4, 0.5) is 4.39 Å². The zero-order valence-corrected chi connectivity index (χ0v) is 16.8. The molecule has 0 aliphatic heterocycles. The van der Waals surface area contributed by atoms with Crippen molar-refractivity contribution in [2.24, 2.45) is 0 Å². The molecule has 1 N–H and O–H groups in total. The number of nitrogens with one attached hydrogen (secondary N) is 1. The zero-order chi connectivity index (χ0) is 20.7. The molecule has 0 aliphatic rings. The number of oxazole rings is 1. The Bertz CT molecular complexity index is 1350. The van der Waals surface area contributed by atoms with E-state index in [0.29, 0.717) is 24.5 Å². The number of nitrogens with zero attached hydrogens (tertiary/aromatic N) is 3. The van der Waals surface area contributed by atoms with E-state index in [0.717, 1.165) is 33.7 Å². The third-order valence-electron chi connectivity index (χ3n) is 5.22. The Kier molecular flexibility index (Phi) is 4.56. The van der Waals surface area contributed by atoms with Gasteiger partial charge in [-0.3, -0.25) is 4.90 Å². The minimum absolute atomic E-state index is 0.273. The average molecular weight is 400 g/mol. The summed E-state index contributed by atoms with van der Waals surface area (Å²) in [7, 11) is 2.00. The second kappa shape index (κ2) is 7.39. The number of aromatic nitrogens is 3. The van der Waals surface area contributed by atoms with Gasteiger partial charge >= 0.3 is 0 Å². The van der Waals surface area contributed by atoms with Crippen LogP contribution in [-0.2, 0) is 13.1 Å². The van der Waals surface area contributed by atoms with Gasteiger partial charge in [0.25, 0.3) is 0 Å². The smallest absolute Gasteiger partial charge is 0.226 e. The molecular weight excluding hydrogens is 379 g/mol. The Balaban J connectivity index is 1.34. The normalized spacial score (nSPS) is 11.7. The van der Waals surface area contributed by atoms with Crippen LogP contribution in [0.5, 0.6) is 0 Å². The molecule has 3 aromatic carbocycles. The fraction of sp³-hybridized carbons (Fsp3) is 0.167. The lowest BCUT2D eigenvalue weighted by Crippen LogP contribution is -2.18. The van der Waals surface area contributed by atoms with Gasteiger partial charge in [0.05, 0.1) is 23.3 Å². The van der Waals surface area contributed by atoms with Gasteiger partial charge in [0, 0.05) is 12.1 Å². The largest absolute Gasteiger partial charge is 0.441 e. The van der Waals surface area contributed by atoms with Crippen LogP contribution in [0.25, 0.3) is 33.3 Å². The van der Waals surface area contributed by atoms with Crippen LogP contribution in [0.2, 0.25) is 0 Å². The first-order chi connectivity index (χ1) is 14.5. The van der Waals surface area contributed by atoms with Crippen LogP contribution in [0.1, 0.15) is 17.3 Å². The van der Waals surface area contributed by atoms with Crippen molar-refractivity contribution in [3.05, 3.63) is 83.8 Å². The highest BCUT2D eigenvalue weighted by Gasteiger charge is 2.15. The van der Waals surface area contributed by atoms with E-state index in [1.165, 1.54) is 17.5 Å². The number of aromatic amines is 1. The lowest BCUT2D eigenvalue weighted by molar-refractivity contribution is 0.306. The molecule has 30 heavy (non-hydrogen) atoms. The summed E-state index contributed by atoms with van der Waals surface area (Å²) in [5, 5.41) is 2.35. The van der Waals surface area contributed by atoms with Crippen LogP contribution in [0.15, 0.2) is 65.1 Å². The minimum atomic E-state index is -0.273. The van der Waals surface area contributed by atoms with E-state index in [-0.39, 0.29) is 5.82 Å². The summed E-state index contributed by atoms with van der Waals surface area (Å²) in [6.07, 6.45) is 0. The van der Waals surface area contributed by atoms with E-state index in [9.17, 15) is 4.39 Å². The predicted molar refractivity (Wildman–Crippen MR) is 115 cm³/mol. The molecule has 5 nitrogen and oxygen atoms in total. The predicted octanol–water partition coefficient (Wildman–Crippen LogP) is 5.45. The Hall–Kier alpha value is -3.51. The van der Waals surface area contributed by atoms with E-state index < -0.39 is 0 Å². The lowest BCUT2D eigenvalue weighted by Gasteiger charge is -2.13. The van der Waals surface area contributed by atoms with Gasteiger partial charge in [-0.1, -0.05) is 30.3 Å². The highest BCUT2D eigenvalue weighted by atomic mass is 19.1. The molecule has 0 aliphatic carbocycles. The molecule has 0 unspecified atom stereocenters. The number of fused-ring (bicyclic) bond motifs is 2. The van der Waals surface area contributed by atoms with Crippen molar-refractivity contribution < 1.29 is 8.81 Å². The average Bonchev–Trinajstić information content (AvgIpc) is 3.29. The lowest BCUT2D eigenvalue weighted by atomic mass is 10.1. The third kappa shape index (κ3) is 3.57. The van der Waals surface area contributed by atoms with Gasteiger partial charge in [-0.05, 0) is 55.1 Å². The Labute approximate surface area is 173 Å². The number of rotatable bonds is 5. The molecule has 0 saturated heterocycles. The number of halogens is 1. The summed E-state index contributed by atoms with van der Waals surface area (Å²) in [4.78, 5) is 14.5. The number of benzene rings is 3. The SMILES string of the molecule is Cc1oc(-c2ccc3ccccc3c2)nc1CN(C)Cc1nc2ccc(F)cc2[nH]1. The van der Waals surface area contributed by atoms with E-state index in [1.54, 1.807) is 6.07 Å². The molecule has 5 rings (SSSR count). The van der Waals surface area contributed by atoms with Gasteiger partial charge in [-0.2, -0.15) is 0 Å². The zero-order valence-electron chi connectivity index (χ0n) is 16.8. The van der Waals surface area contributed by atoms with Crippen molar-refractivity contribution in [1.82, 2.24) is 19.9 Å². The van der Waals surface area contributed by atoms with E-state index >= 15 is 0 Å². The maximum absolute atomic E-state index is 13.4. The molecule has 150 valence electrons. The fourth-order valence-corrected chi connectivity index (χ4v) is 3.70. The molecule has 5 aromatic rings. The van der Waals surface area contributed by atoms with Crippen molar-refractivity contribution in [3.63, 3.8) is 0 Å². The second-order valence-corrected chi connectivity index (χ2v) is 7.60. The quantitative estimate of drug-likeness (QED) is 0.426. The number of hydrogen-bond acceptors (Lipinski definition) is 4. The highest BCUT2D eigenvalue weighted by Crippen LogP contribution is 2.26. The van der Waals surface area contributed by atoms with Crippen molar-refractivity contribution in [2.45, 2.75) is 20.0 Å². The van der Waals surface area contributed by atoms with Gasteiger partial charge in [0.15, 0.2) is 0 Å². The topological polar surface area (TPSA) is 58.0 Å². The van der Waals surface area contributed by atoms with Crippen molar-refractivity contribution in [1.29, 1.82) is 0 Å². The summed E-state index contributed by atoms with van der Waals surface area (Å²) in [5.41, 5.74) is 3.32. The van der Waals surface area contributed by atoms with Crippen LogP contribution in [0, 0.1) is 12.7 Å². The molecule has 0 saturated carbocycles. The van der Waals surface area contributed by atoms with Gasteiger partial charge in [-0.25, -0.2) is 14.4 Å². The standard InChI is InChI=1S/C24H21FN4O/c1-15-22(13-29(2)14-23-26-20-10-9-19(25)12-21(20)27-23)28-24(30-15)18-8-7-16-5-3-4-6-17(16)11-18/h3-12H,13-14H2,1-2H3,(H,26,27). The summed E-state index contributed by atoms with van der Waals surface area (Å²) >= 11 is 0. The molecule has 6 heteroatoms. The molecule has 0 atom stereocenters. The molecule has 0 radical (unpaired) electrons. The number of aryl methyl sites for hydroxylation is 1. The maximum atomic E-state index is 13.4. The third-order valence-corrected chi connectivity index (χ3v) is 5.22. The van der Waals surface area contributed by atoms with Gasteiger partial charge < -0.3 is 9.40 Å². The minimum Gasteiger partial charge on any atom is -0.441 e. The molecule has 2 heterocycles. The van der Waals surface area contributed by atoms with Crippen molar-refractivity contribution in [3.8, 4) is 11.5 Å². The number of H-pyrrole nitrogens is 1. The monoisotopic (exact) mass is 400 g/mol. The van der Waals surface area contributed by atoms with Gasteiger partial charge in [0.2, 0.25) is 5.89 Å². The highest BCUT2D eigenvalue weighted by molar-refractivity contribution is 5.86. The second-order valence-electron chi connectivity index (χ2n) is 7.60. The first kappa shape index (κ1) is 18.5. The molecule has 0 fully saturated rings. The summed E-state index contributed by atoms with van der Waals surface area (Å²) < 4.78 is 19.4. The van der Waals surface area contributed by atoms with E-state index in [4.69, 9.17) is 9.40 Å². The molecule has 0 spiro atoms. The Morgan fingerprint density at radius 1 is 0.967 bits per heavy atom. The summed E-state index contributed by atoms with van der Waals surface area (Å²) in [6.45, 7) is 3.15. The van der Waals surface area contributed by atoms with Crippen LogP contribution in [-0.4, -0.2) is 26.9 Å². The van der Waals surface area contributed by atoms with E-state index in [1.807, 2.05) is 32.2 Å². The van der Waals surface area contributed by atoms with Crippen LogP contribution in [0.3, 0.4) is 0 Å². The number of hydrogen-bond donors (Lipinski definition) is 1. The maximum Gasteiger partial charge on any atom is 0.226 e. The van der Waals surface area contributed by atoms with Gasteiger partial charge in [-0.15, -0.1) is 0 Å². The molecule has 2 aromatic heterocycles. The first-order valence-corrected chi connectivity index (χ1v) is 9.83. The van der Waals surface area contributed by atoms with Crippen molar-refractivity contribution in [2.75, 3.05) is 7.05 Å². The van der Waals surface area contributed by atoms with Crippen molar-refractivity contribution >= 4 is 21.8 Å². The first-order valence-electron chi connectivity index (χ1n) is 9.83. The van der Waals surface area contributed by atoms with Crippen LogP contribution < -0.4 is 0 Å². The van der Waals surface area contributed by atoms with Gasteiger partial charge in [0.1, 0.15) is 17.4 Å². The Morgan fingerprint density at radius 2 is 1.80 bits per heavy atom. The molecule has 0 amide bonds. The fourth-order valence-electron chi connectivity index (χ4n) is 3.70. The molecular formula is C24H21FN4O. The van der Waals surface area contributed by atoms with E-state index in [2.05, 4.69) is 39.1 Å². The Morgan fingerprint density at radius 3 is 2.67 bits per heavy atom. The number of imidazole rings is 1.